The van der Waals surface area contributed by atoms with Crippen LogP contribution in [0, 0.1) is 0 Å². The highest BCUT2D eigenvalue weighted by molar-refractivity contribution is 7.98. The van der Waals surface area contributed by atoms with Crippen molar-refractivity contribution in [2.45, 2.75) is 11.8 Å². The number of carboxylic acid groups (broad SMARTS) is 1. The van der Waals surface area contributed by atoms with Crippen LogP contribution in [0.15, 0.2) is 23.1 Å². The van der Waals surface area contributed by atoms with E-state index in [-0.39, 0.29) is 16.2 Å². The standard InChI is InChI=1S/C13H19NO5S2/c1-4-19-12-6-5-10(9-11(12)13(15)16)21(17,18)14(2)7-8-20-3/h5-6,9H,4,7-8H2,1-3H3,(H,15,16). The second kappa shape index (κ2) is 7.67. The highest BCUT2D eigenvalue weighted by atomic mass is 32.2. The molecule has 0 atom stereocenters. The monoisotopic (exact) mass is 333 g/mol. The summed E-state index contributed by atoms with van der Waals surface area (Å²) in [5.41, 5.74) is -0.156. The van der Waals surface area contributed by atoms with Gasteiger partial charge in [-0.2, -0.15) is 11.8 Å². The third-order valence-electron chi connectivity index (χ3n) is 2.80. The Bertz CT molecular complexity index is 601. The number of hydrogen-bond donors (Lipinski definition) is 1. The predicted octanol–water partition coefficient (Wildman–Crippen LogP) is 1.77. The first-order chi connectivity index (χ1) is 9.84. The fraction of sp³-hybridized carbons (Fsp3) is 0.462. The topological polar surface area (TPSA) is 83.9 Å². The van der Waals surface area contributed by atoms with Crippen LogP contribution in [0.1, 0.15) is 17.3 Å². The van der Waals surface area contributed by atoms with E-state index in [1.807, 2.05) is 6.26 Å². The maximum atomic E-state index is 12.4. The molecular formula is C13H19NO5S2. The number of sulfonamides is 1. The van der Waals surface area contributed by atoms with E-state index in [9.17, 15) is 18.3 Å². The van der Waals surface area contributed by atoms with Crippen molar-refractivity contribution in [3.63, 3.8) is 0 Å². The molecule has 0 heterocycles. The van der Waals surface area contributed by atoms with Gasteiger partial charge in [-0.05, 0) is 31.4 Å². The van der Waals surface area contributed by atoms with Crippen molar-refractivity contribution in [2.24, 2.45) is 0 Å². The number of carbonyl (C=O) groups is 1. The van der Waals surface area contributed by atoms with Crippen LogP contribution >= 0.6 is 11.8 Å². The zero-order valence-corrected chi connectivity index (χ0v) is 13.8. The van der Waals surface area contributed by atoms with Gasteiger partial charge in [0.1, 0.15) is 11.3 Å². The summed E-state index contributed by atoms with van der Waals surface area (Å²) in [5.74, 6) is -0.392. The molecule has 8 heteroatoms. The maximum Gasteiger partial charge on any atom is 0.339 e. The maximum absolute atomic E-state index is 12.4. The molecule has 0 aliphatic heterocycles. The molecule has 118 valence electrons. The van der Waals surface area contributed by atoms with E-state index in [0.29, 0.717) is 18.9 Å². The summed E-state index contributed by atoms with van der Waals surface area (Å²) in [7, 11) is -2.22. The van der Waals surface area contributed by atoms with E-state index < -0.39 is 16.0 Å². The summed E-state index contributed by atoms with van der Waals surface area (Å²) in [5, 5.41) is 9.17. The zero-order chi connectivity index (χ0) is 16.0. The van der Waals surface area contributed by atoms with Crippen LogP contribution in [0.2, 0.25) is 0 Å². The lowest BCUT2D eigenvalue weighted by Crippen LogP contribution is -2.29. The van der Waals surface area contributed by atoms with Gasteiger partial charge >= 0.3 is 5.97 Å². The molecule has 1 aromatic carbocycles. The average molecular weight is 333 g/mol. The molecule has 21 heavy (non-hydrogen) atoms. The number of rotatable bonds is 8. The molecule has 1 aromatic rings. The number of aromatic carboxylic acids is 1. The van der Waals surface area contributed by atoms with Gasteiger partial charge in [0.15, 0.2) is 0 Å². The van der Waals surface area contributed by atoms with Gasteiger partial charge in [0.25, 0.3) is 0 Å². The summed E-state index contributed by atoms with van der Waals surface area (Å²) >= 11 is 1.54. The van der Waals surface area contributed by atoms with E-state index in [4.69, 9.17) is 4.74 Å². The molecule has 0 fully saturated rings. The third kappa shape index (κ3) is 4.36. The molecule has 0 saturated carbocycles. The predicted molar refractivity (Wildman–Crippen MR) is 82.8 cm³/mol. The lowest BCUT2D eigenvalue weighted by Gasteiger charge is -2.17. The van der Waals surface area contributed by atoms with Crippen LogP contribution in [0.5, 0.6) is 5.75 Å². The van der Waals surface area contributed by atoms with Crippen molar-refractivity contribution in [1.29, 1.82) is 0 Å². The van der Waals surface area contributed by atoms with Gasteiger partial charge in [-0.15, -0.1) is 0 Å². The van der Waals surface area contributed by atoms with Gasteiger partial charge in [-0.1, -0.05) is 0 Å². The van der Waals surface area contributed by atoms with E-state index in [2.05, 4.69) is 0 Å². The Morgan fingerprint density at radius 1 is 1.43 bits per heavy atom. The van der Waals surface area contributed by atoms with Crippen LogP contribution in [0.4, 0.5) is 0 Å². The van der Waals surface area contributed by atoms with Crippen molar-refractivity contribution in [3.05, 3.63) is 23.8 Å². The van der Waals surface area contributed by atoms with Crippen molar-refractivity contribution in [1.82, 2.24) is 4.31 Å². The van der Waals surface area contributed by atoms with E-state index in [1.165, 1.54) is 35.2 Å². The lowest BCUT2D eigenvalue weighted by molar-refractivity contribution is 0.0692. The van der Waals surface area contributed by atoms with Gasteiger partial charge in [0.2, 0.25) is 10.0 Å². The van der Waals surface area contributed by atoms with E-state index in [1.54, 1.807) is 6.92 Å². The fourth-order valence-electron chi connectivity index (χ4n) is 1.64. The molecule has 0 radical (unpaired) electrons. The third-order valence-corrected chi connectivity index (χ3v) is 5.24. The number of carboxylic acids is 1. The Balaban J connectivity index is 3.19. The van der Waals surface area contributed by atoms with Gasteiger partial charge in [-0.3, -0.25) is 0 Å². The van der Waals surface area contributed by atoms with E-state index >= 15 is 0 Å². The zero-order valence-electron chi connectivity index (χ0n) is 12.2. The quantitative estimate of drug-likeness (QED) is 0.780. The first kappa shape index (κ1) is 17.8. The van der Waals surface area contributed by atoms with Crippen molar-refractivity contribution >= 4 is 27.8 Å². The second-order valence-electron chi connectivity index (χ2n) is 4.22. The summed E-state index contributed by atoms with van der Waals surface area (Å²) in [6.45, 7) is 2.39. The molecular weight excluding hydrogens is 314 g/mol. The smallest absolute Gasteiger partial charge is 0.339 e. The Labute approximate surface area is 129 Å². The molecule has 0 aliphatic rings. The van der Waals surface area contributed by atoms with Crippen LogP contribution < -0.4 is 4.74 Å². The van der Waals surface area contributed by atoms with Gasteiger partial charge in [0.05, 0.1) is 11.5 Å². The number of hydrogen-bond acceptors (Lipinski definition) is 5. The first-order valence-corrected chi connectivity index (χ1v) is 9.13. The molecule has 0 spiro atoms. The number of thioether (sulfide) groups is 1. The highest BCUT2D eigenvalue weighted by Crippen LogP contribution is 2.24. The highest BCUT2D eigenvalue weighted by Gasteiger charge is 2.23. The Morgan fingerprint density at radius 3 is 2.62 bits per heavy atom. The minimum Gasteiger partial charge on any atom is -0.493 e. The molecule has 1 rings (SSSR count). The molecule has 1 N–H and O–H groups in total. The molecule has 0 aromatic heterocycles. The number of ether oxygens (including phenoxy) is 1. The Hall–Kier alpha value is -1.25. The number of benzene rings is 1. The molecule has 6 nitrogen and oxygen atoms in total. The van der Waals surface area contributed by atoms with Crippen molar-refractivity contribution < 1.29 is 23.1 Å². The molecule has 0 saturated heterocycles. The number of nitrogens with zero attached hydrogens (tertiary/aromatic N) is 1. The van der Waals surface area contributed by atoms with Crippen LogP contribution in [0.3, 0.4) is 0 Å². The summed E-state index contributed by atoms with van der Waals surface area (Å²) in [6.07, 6.45) is 1.89. The van der Waals surface area contributed by atoms with Gasteiger partial charge < -0.3 is 9.84 Å². The first-order valence-electron chi connectivity index (χ1n) is 6.30. The molecule has 0 bridgehead atoms. The lowest BCUT2D eigenvalue weighted by atomic mass is 10.2. The van der Waals surface area contributed by atoms with Gasteiger partial charge in [0, 0.05) is 19.3 Å². The van der Waals surface area contributed by atoms with Crippen LogP contribution in [-0.2, 0) is 10.0 Å². The average Bonchev–Trinajstić information content (AvgIpc) is 2.44. The fourth-order valence-corrected chi connectivity index (χ4v) is 3.41. The Morgan fingerprint density at radius 2 is 2.10 bits per heavy atom. The van der Waals surface area contributed by atoms with Crippen LogP contribution in [0.25, 0.3) is 0 Å². The SMILES string of the molecule is CCOc1ccc(S(=O)(=O)N(C)CCSC)cc1C(=O)O. The summed E-state index contributed by atoms with van der Waals surface area (Å²) < 4.78 is 31.1. The van der Waals surface area contributed by atoms with Crippen molar-refractivity contribution in [3.8, 4) is 5.75 Å². The molecule has 0 unspecified atom stereocenters. The summed E-state index contributed by atoms with van der Waals surface area (Å²) in [6, 6.07) is 3.88. The minimum absolute atomic E-state index is 0.0491. The Kier molecular flexibility index (Phi) is 6.50. The van der Waals surface area contributed by atoms with E-state index in [0.717, 1.165) is 6.07 Å². The molecule has 0 aliphatic carbocycles. The summed E-state index contributed by atoms with van der Waals surface area (Å²) in [4.78, 5) is 11.2. The minimum atomic E-state index is -3.70. The normalized spacial score (nSPS) is 11.6. The second-order valence-corrected chi connectivity index (χ2v) is 7.25. The van der Waals surface area contributed by atoms with Crippen LogP contribution in [-0.4, -0.2) is 56.0 Å². The van der Waals surface area contributed by atoms with Crippen molar-refractivity contribution in [2.75, 3.05) is 32.2 Å². The largest absolute Gasteiger partial charge is 0.493 e. The molecule has 0 amide bonds. The van der Waals surface area contributed by atoms with Gasteiger partial charge in [-0.25, -0.2) is 17.5 Å².